The molecule has 0 atom stereocenters. The number of nitrogen functional groups attached to an aromatic ring is 1. The molecule has 0 aliphatic carbocycles. The molecule has 152 valence electrons. The van der Waals surface area contributed by atoms with Gasteiger partial charge in [0.2, 0.25) is 15.7 Å². The number of nitrogens with zero attached hydrogens (tertiary/aromatic N) is 2. The molecule has 2 heterocycles. The first-order valence-corrected chi connectivity index (χ1v) is 12.0. The summed E-state index contributed by atoms with van der Waals surface area (Å²) < 4.78 is 25.6. The van der Waals surface area contributed by atoms with Crippen molar-refractivity contribution in [2.45, 2.75) is 21.2 Å². The number of anilines is 2. The molecule has 1 amide bonds. The zero-order chi connectivity index (χ0) is 21.2. The monoisotopic (exact) mass is 488 g/mol. The van der Waals surface area contributed by atoms with Crippen LogP contribution in [0.1, 0.15) is 5.56 Å². The van der Waals surface area contributed by atoms with Crippen molar-refractivity contribution in [1.82, 2.24) is 9.97 Å². The van der Waals surface area contributed by atoms with Crippen molar-refractivity contribution in [1.29, 1.82) is 0 Å². The summed E-state index contributed by atoms with van der Waals surface area (Å²) in [5.41, 5.74) is 7.30. The van der Waals surface area contributed by atoms with Crippen LogP contribution in [0.3, 0.4) is 0 Å². The summed E-state index contributed by atoms with van der Waals surface area (Å²) in [6.07, 6.45) is 1.13. The molecule has 0 saturated heterocycles. The third-order valence-corrected chi connectivity index (χ3v) is 8.41. The maximum absolute atomic E-state index is 12.6. The van der Waals surface area contributed by atoms with E-state index in [4.69, 9.17) is 28.9 Å². The molecule has 0 spiro atoms. The van der Waals surface area contributed by atoms with E-state index in [9.17, 15) is 13.2 Å². The number of carbonyl (C=O) groups is 1. The van der Waals surface area contributed by atoms with Crippen molar-refractivity contribution < 1.29 is 13.2 Å². The Balaban J connectivity index is 1.67. The predicted octanol–water partition coefficient (Wildman–Crippen LogP) is 4.30. The van der Waals surface area contributed by atoms with E-state index in [-0.39, 0.29) is 31.7 Å². The molecule has 7 nitrogen and oxygen atoms in total. The minimum atomic E-state index is -3.86. The number of amides is 1. The Hall–Kier alpha value is -1.85. The Kier molecular flexibility index (Phi) is 6.69. The highest BCUT2D eigenvalue weighted by atomic mass is 35.5. The number of aromatic nitrogens is 2. The lowest BCUT2D eigenvalue weighted by atomic mass is 10.2. The normalized spacial score (nSPS) is 11.4. The van der Waals surface area contributed by atoms with Gasteiger partial charge in [-0.3, -0.25) is 4.79 Å². The Morgan fingerprint density at radius 1 is 1.28 bits per heavy atom. The van der Waals surface area contributed by atoms with Gasteiger partial charge in [0.05, 0.1) is 16.3 Å². The number of thioether (sulfide) groups is 1. The number of carbonyl (C=O) groups excluding carboxylic acids is 1. The third-order valence-electron chi connectivity index (χ3n) is 3.65. The van der Waals surface area contributed by atoms with Crippen LogP contribution in [0, 0.1) is 6.92 Å². The van der Waals surface area contributed by atoms with Crippen LogP contribution in [0.4, 0.5) is 11.5 Å². The maximum Gasteiger partial charge on any atom is 0.234 e. The lowest BCUT2D eigenvalue weighted by Crippen LogP contribution is -2.14. The number of thiophene rings is 1. The van der Waals surface area contributed by atoms with Crippen LogP contribution in [0.25, 0.3) is 0 Å². The number of rotatable bonds is 6. The minimum Gasteiger partial charge on any atom is -0.382 e. The Labute approximate surface area is 185 Å². The summed E-state index contributed by atoms with van der Waals surface area (Å²) in [5.74, 6) is -0.475. The van der Waals surface area contributed by atoms with Gasteiger partial charge in [-0.2, -0.15) is 0 Å². The van der Waals surface area contributed by atoms with Gasteiger partial charge in [0.15, 0.2) is 5.16 Å². The summed E-state index contributed by atoms with van der Waals surface area (Å²) in [6.45, 7) is 1.86. The zero-order valence-electron chi connectivity index (χ0n) is 14.8. The third kappa shape index (κ3) is 5.20. The number of nitrogens with two attached hydrogens (primary N) is 1. The molecular formula is C17H14Cl2N4O3S3. The highest BCUT2D eigenvalue weighted by Crippen LogP contribution is 2.32. The molecule has 0 fully saturated rings. The van der Waals surface area contributed by atoms with Gasteiger partial charge in [-0.15, -0.1) is 11.3 Å². The van der Waals surface area contributed by atoms with Gasteiger partial charge in [-0.25, -0.2) is 18.4 Å². The summed E-state index contributed by atoms with van der Waals surface area (Å²) >= 11 is 13.8. The molecule has 0 radical (unpaired) electrons. The van der Waals surface area contributed by atoms with E-state index in [1.54, 1.807) is 18.2 Å². The number of aryl methyl sites for hydroxylation is 1. The second-order valence-corrected chi connectivity index (χ2v) is 11.0. The lowest BCUT2D eigenvalue weighted by Gasteiger charge is -2.08. The fourth-order valence-corrected chi connectivity index (χ4v) is 5.86. The highest BCUT2D eigenvalue weighted by Gasteiger charge is 2.24. The van der Waals surface area contributed by atoms with E-state index in [1.807, 2.05) is 6.92 Å². The fourth-order valence-electron chi connectivity index (χ4n) is 2.19. The van der Waals surface area contributed by atoms with E-state index < -0.39 is 9.84 Å². The molecule has 3 aromatic rings. The van der Waals surface area contributed by atoms with Gasteiger partial charge in [0.1, 0.15) is 14.9 Å². The molecule has 0 unspecified atom stereocenters. The molecule has 0 aliphatic heterocycles. The Morgan fingerprint density at radius 2 is 2.03 bits per heavy atom. The SMILES string of the molecule is Cc1ccc(NC(=O)CSc2ncc(S(=O)(=O)c3ccc(Cl)s3)c(N)n2)cc1Cl. The van der Waals surface area contributed by atoms with Crippen molar-refractivity contribution in [3.63, 3.8) is 0 Å². The summed E-state index contributed by atoms with van der Waals surface area (Å²) in [6, 6.07) is 8.08. The quantitative estimate of drug-likeness (QED) is 0.392. The molecule has 3 N–H and O–H groups in total. The first kappa shape index (κ1) is 21.8. The van der Waals surface area contributed by atoms with E-state index in [0.29, 0.717) is 15.0 Å². The van der Waals surface area contributed by atoms with E-state index in [0.717, 1.165) is 34.9 Å². The van der Waals surface area contributed by atoms with Gasteiger partial charge in [0.25, 0.3) is 0 Å². The summed E-state index contributed by atoms with van der Waals surface area (Å²) in [4.78, 5) is 19.9. The molecular weight excluding hydrogens is 475 g/mol. The van der Waals surface area contributed by atoms with E-state index in [2.05, 4.69) is 15.3 Å². The van der Waals surface area contributed by atoms with Crippen molar-refractivity contribution in [2.24, 2.45) is 0 Å². The molecule has 0 saturated carbocycles. The van der Waals surface area contributed by atoms with Crippen LogP contribution in [0.15, 0.2) is 50.8 Å². The van der Waals surface area contributed by atoms with Gasteiger partial charge in [-0.05, 0) is 36.8 Å². The number of benzene rings is 1. The first-order chi connectivity index (χ1) is 13.7. The molecule has 12 heteroatoms. The van der Waals surface area contributed by atoms with Gasteiger partial charge >= 0.3 is 0 Å². The zero-order valence-corrected chi connectivity index (χ0v) is 18.8. The molecule has 3 rings (SSSR count). The average Bonchev–Trinajstić information content (AvgIpc) is 3.10. The maximum atomic E-state index is 12.6. The Morgan fingerprint density at radius 3 is 2.66 bits per heavy atom. The summed E-state index contributed by atoms with van der Waals surface area (Å²) in [7, 11) is -3.86. The predicted molar refractivity (Wildman–Crippen MR) is 117 cm³/mol. The average molecular weight is 489 g/mol. The van der Waals surface area contributed by atoms with Crippen LogP contribution < -0.4 is 11.1 Å². The first-order valence-electron chi connectivity index (χ1n) is 7.98. The standard InChI is InChI=1S/C17H14Cl2N4O3S3/c1-9-2-3-10(6-11(9)18)22-14(24)8-27-17-21-7-12(16(20)23-17)29(25,26)15-5-4-13(19)28-15/h2-7H,8H2,1H3,(H,22,24)(H2,20,21,23). The second kappa shape index (κ2) is 8.88. The number of halogens is 2. The van der Waals surface area contributed by atoms with E-state index >= 15 is 0 Å². The number of nitrogens with one attached hydrogen (secondary N) is 1. The van der Waals surface area contributed by atoms with Gasteiger partial charge in [0, 0.05) is 10.7 Å². The molecule has 2 aromatic heterocycles. The van der Waals surface area contributed by atoms with Crippen molar-refractivity contribution in [3.05, 3.63) is 51.5 Å². The lowest BCUT2D eigenvalue weighted by molar-refractivity contribution is -0.113. The van der Waals surface area contributed by atoms with Gasteiger partial charge < -0.3 is 11.1 Å². The molecule has 29 heavy (non-hydrogen) atoms. The smallest absolute Gasteiger partial charge is 0.234 e. The Bertz CT molecular complexity index is 1180. The molecule has 0 aliphatic rings. The second-order valence-electron chi connectivity index (χ2n) is 5.76. The van der Waals surface area contributed by atoms with E-state index in [1.165, 1.54) is 12.1 Å². The van der Waals surface area contributed by atoms with Crippen LogP contribution in [-0.2, 0) is 14.6 Å². The fraction of sp³-hybridized carbons (Fsp3) is 0.118. The van der Waals surface area contributed by atoms with Crippen LogP contribution in [-0.4, -0.2) is 30.0 Å². The molecule has 1 aromatic carbocycles. The van der Waals surface area contributed by atoms with Crippen LogP contribution in [0.2, 0.25) is 9.36 Å². The van der Waals surface area contributed by atoms with Crippen molar-refractivity contribution in [2.75, 3.05) is 16.8 Å². The largest absolute Gasteiger partial charge is 0.382 e. The topological polar surface area (TPSA) is 115 Å². The summed E-state index contributed by atoms with van der Waals surface area (Å²) in [5, 5.41) is 3.45. The minimum absolute atomic E-state index is 0.0115. The highest BCUT2D eigenvalue weighted by molar-refractivity contribution is 7.99. The van der Waals surface area contributed by atoms with Crippen molar-refractivity contribution in [3.8, 4) is 0 Å². The number of hydrogen-bond donors (Lipinski definition) is 2. The molecule has 0 bridgehead atoms. The van der Waals surface area contributed by atoms with Crippen LogP contribution in [0.5, 0.6) is 0 Å². The number of sulfone groups is 1. The number of hydrogen-bond acceptors (Lipinski definition) is 8. The van der Waals surface area contributed by atoms with Crippen molar-refractivity contribution >= 4 is 73.6 Å². The van der Waals surface area contributed by atoms with Gasteiger partial charge in [-0.1, -0.05) is 41.0 Å². The van der Waals surface area contributed by atoms with Crippen LogP contribution >= 0.6 is 46.3 Å².